The highest BCUT2D eigenvalue weighted by Gasteiger charge is 2.07. The third-order valence-electron chi connectivity index (χ3n) is 3.94. The molecule has 0 bridgehead atoms. The second-order valence-corrected chi connectivity index (χ2v) is 6.14. The minimum Gasteiger partial charge on any atom is -0.490 e. The Morgan fingerprint density at radius 2 is 1.83 bits per heavy atom. The van der Waals surface area contributed by atoms with Gasteiger partial charge in [-0.3, -0.25) is 9.59 Å². The molecule has 0 fully saturated rings. The number of hydrogen-bond donors (Lipinski definition) is 2. The lowest BCUT2D eigenvalue weighted by molar-refractivity contribution is -0.121. The van der Waals surface area contributed by atoms with Crippen LogP contribution in [-0.4, -0.2) is 38.1 Å². The highest BCUT2D eigenvalue weighted by atomic mass is 16.5. The van der Waals surface area contributed by atoms with E-state index in [2.05, 4.69) is 10.6 Å². The first-order valence-electron chi connectivity index (χ1n) is 9.77. The van der Waals surface area contributed by atoms with Crippen molar-refractivity contribution in [1.29, 1.82) is 0 Å². The molecule has 1 aromatic heterocycles. The second-order valence-electron chi connectivity index (χ2n) is 6.14. The SMILES string of the molecule is CCOc1ccc(CCNC(=O)CCNC(=O)/C=C/c2ccco2)cc1OCC. The van der Waals surface area contributed by atoms with Gasteiger partial charge < -0.3 is 24.5 Å². The average molecular weight is 400 g/mol. The van der Waals surface area contributed by atoms with Gasteiger partial charge in [0.15, 0.2) is 11.5 Å². The normalized spacial score (nSPS) is 10.7. The molecule has 29 heavy (non-hydrogen) atoms. The van der Waals surface area contributed by atoms with E-state index in [0.717, 1.165) is 11.3 Å². The van der Waals surface area contributed by atoms with Crippen LogP contribution in [0.25, 0.3) is 6.08 Å². The molecule has 0 unspecified atom stereocenters. The third kappa shape index (κ3) is 8.13. The van der Waals surface area contributed by atoms with Gasteiger partial charge in [-0.2, -0.15) is 0 Å². The molecule has 1 aromatic carbocycles. The van der Waals surface area contributed by atoms with Crippen molar-refractivity contribution in [3.63, 3.8) is 0 Å². The molecule has 2 aromatic rings. The van der Waals surface area contributed by atoms with Crippen molar-refractivity contribution in [3.05, 3.63) is 54.0 Å². The van der Waals surface area contributed by atoms with Crippen LogP contribution >= 0.6 is 0 Å². The summed E-state index contributed by atoms with van der Waals surface area (Å²) in [6.07, 6.45) is 5.37. The molecule has 0 aliphatic heterocycles. The van der Waals surface area contributed by atoms with E-state index >= 15 is 0 Å². The lowest BCUT2D eigenvalue weighted by Gasteiger charge is -2.12. The van der Waals surface area contributed by atoms with Crippen molar-refractivity contribution in [2.45, 2.75) is 26.7 Å². The first-order valence-corrected chi connectivity index (χ1v) is 9.77. The van der Waals surface area contributed by atoms with Gasteiger partial charge in [-0.15, -0.1) is 0 Å². The Kier molecular flexibility index (Phi) is 9.35. The molecule has 7 heteroatoms. The van der Waals surface area contributed by atoms with Crippen LogP contribution in [0.15, 0.2) is 47.1 Å². The number of hydrogen-bond acceptors (Lipinski definition) is 5. The van der Waals surface area contributed by atoms with Crippen molar-refractivity contribution < 1.29 is 23.5 Å². The highest BCUT2D eigenvalue weighted by molar-refractivity contribution is 5.91. The monoisotopic (exact) mass is 400 g/mol. The van der Waals surface area contributed by atoms with E-state index in [4.69, 9.17) is 13.9 Å². The lowest BCUT2D eigenvalue weighted by Crippen LogP contribution is -2.31. The van der Waals surface area contributed by atoms with Crippen LogP contribution in [-0.2, 0) is 16.0 Å². The topological polar surface area (TPSA) is 89.8 Å². The van der Waals surface area contributed by atoms with Crippen molar-refractivity contribution in [3.8, 4) is 11.5 Å². The third-order valence-corrected chi connectivity index (χ3v) is 3.94. The van der Waals surface area contributed by atoms with Gasteiger partial charge in [0.1, 0.15) is 5.76 Å². The number of rotatable bonds is 12. The largest absolute Gasteiger partial charge is 0.490 e. The van der Waals surface area contributed by atoms with E-state index < -0.39 is 0 Å². The molecule has 0 saturated carbocycles. The standard InChI is InChI=1S/C22H28N2O5/c1-3-27-19-9-7-17(16-20(19)28-4-2)11-13-23-22(26)12-14-24-21(25)10-8-18-6-5-15-29-18/h5-10,15-16H,3-4,11-14H2,1-2H3,(H,23,26)(H,24,25)/b10-8+. The van der Waals surface area contributed by atoms with Gasteiger partial charge in [0, 0.05) is 25.6 Å². The number of carbonyl (C=O) groups excluding carboxylic acids is 2. The quantitative estimate of drug-likeness (QED) is 0.535. The predicted molar refractivity (Wildman–Crippen MR) is 111 cm³/mol. The summed E-state index contributed by atoms with van der Waals surface area (Å²) in [7, 11) is 0. The van der Waals surface area contributed by atoms with Gasteiger partial charge in [0.2, 0.25) is 11.8 Å². The Hall–Kier alpha value is -3.22. The lowest BCUT2D eigenvalue weighted by atomic mass is 10.1. The minimum absolute atomic E-state index is 0.115. The van der Waals surface area contributed by atoms with Crippen LogP contribution in [0.2, 0.25) is 0 Å². The molecular formula is C22H28N2O5. The fourth-order valence-electron chi connectivity index (χ4n) is 2.59. The maximum Gasteiger partial charge on any atom is 0.244 e. The summed E-state index contributed by atoms with van der Waals surface area (Å²) in [5.74, 6) is 1.64. The summed E-state index contributed by atoms with van der Waals surface area (Å²) in [4.78, 5) is 23.6. The summed E-state index contributed by atoms with van der Waals surface area (Å²) >= 11 is 0. The fraction of sp³-hybridized carbons (Fsp3) is 0.364. The molecule has 156 valence electrons. The number of nitrogens with one attached hydrogen (secondary N) is 2. The zero-order valence-corrected chi connectivity index (χ0v) is 16.9. The number of furan rings is 1. The van der Waals surface area contributed by atoms with Crippen molar-refractivity contribution in [2.75, 3.05) is 26.3 Å². The molecule has 0 spiro atoms. The van der Waals surface area contributed by atoms with E-state index in [1.54, 1.807) is 18.2 Å². The predicted octanol–water partition coefficient (Wildman–Crippen LogP) is 2.96. The summed E-state index contributed by atoms with van der Waals surface area (Å²) < 4.78 is 16.3. The Balaban J connectivity index is 1.67. The zero-order valence-electron chi connectivity index (χ0n) is 16.9. The minimum atomic E-state index is -0.271. The van der Waals surface area contributed by atoms with Gasteiger partial charge in [-0.1, -0.05) is 6.07 Å². The number of benzene rings is 1. The van der Waals surface area contributed by atoms with Crippen LogP contribution in [0.5, 0.6) is 11.5 Å². The Morgan fingerprint density at radius 1 is 1.03 bits per heavy atom. The van der Waals surface area contributed by atoms with Crippen molar-refractivity contribution in [1.82, 2.24) is 10.6 Å². The van der Waals surface area contributed by atoms with Gasteiger partial charge in [-0.25, -0.2) is 0 Å². The molecule has 0 aliphatic rings. The van der Waals surface area contributed by atoms with E-state index in [9.17, 15) is 9.59 Å². The number of carbonyl (C=O) groups is 2. The zero-order chi connectivity index (χ0) is 20.9. The first kappa shape index (κ1) is 22.1. The molecule has 2 N–H and O–H groups in total. The van der Waals surface area contributed by atoms with Crippen molar-refractivity contribution >= 4 is 17.9 Å². The maximum absolute atomic E-state index is 11.9. The van der Waals surface area contributed by atoms with Crippen LogP contribution < -0.4 is 20.1 Å². The van der Waals surface area contributed by atoms with Gasteiger partial charge in [0.05, 0.1) is 19.5 Å². The molecule has 0 atom stereocenters. The summed E-state index contributed by atoms with van der Waals surface area (Å²) in [6.45, 7) is 5.76. The maximum atomic E-state index is 11.9. The smallest absolute Gasteiger partial charge is 0.244 e. The highest BCUT2D eigenvalue weighted by Crippen LogP contribution is 2.28. The van der Waals surface area contributed by atoms with Gasteiger partial charge in [-0.05, 0) is 56.2 Å². The molecule has 7 nitrogen and oxygen atoms in total. The average Bonchev–Trinajstić information content (AvgIpc) is 3.22. The molecular weight excluding hydrogens is 372 g/mol. The van der Waals surface area contributed by atoms with Crippen LogP contribution in [0, 0.1) is 0 Å². The van der Waals surface area contributed by atoms with Crippen LogP contribution in [0.4, 0.5) is 0 Å². The number of ether oxygens (including phenoxy) is 2. The van der Waals surface area contributed by atoms with E-state index in [-0.39, 0.29) is 24.8 Å². The van der Waals surface area contributed by atoms with E-state index in [1.165, 1.54) is 12.3 Å². The summed E-state index contributed by atoms with van der Waals surface area (Å²) in [5.41, 5.74) is 1.05. The van der Waals surface area contributed by atoms with Crippen molar-refractivity contribution in [2.24, 2.45) is 0 Å². The molecule has 2 rings (SSSR count). The van der Waals surface area contributed by atoms with E-state index in [0.29, 0.717) is 37.7 Å². The fourth-order valence-corrected chi connectivity index (χ4v) is 2.59. The second kappa shape index (κ2) is 12.3. The van der Waals surface area contributed by atoms with Gasteiger partial charge >= 0.3 is 0 Å². The molecule has 0 saturated heterocycles. The van der Waals surface area contributed by atoms with Crippen LogP contribution in [0.1, 0.15) is 31.6 Å². The Morgan fingerprint density at radius 3 is 2.55 bits per heavy atom. The molecule has 0 aliphatic carbocycles. The molecule has 0 radical (unpaired) electrons. The molecule has 1 heterocycles. The first-order chi connectivity index (χ1) is 14.1. The summed E-state index contributed by atoms with van der Waals surface area (Å²) in [5, 5.41) is 5.52. The Labute approximate surface area is 171 Å². The number of amides is 2. The Bertz CT molecular complexity index is 800. The van der Waals surface area contributed by atoms with Gasteiger partial charge in [0.25, 0.3) is 0 Å². The summed E-state index contributed by atoms with van der Waals surface area (Å²) in [6, 6.07) is 9.28. The molecule has 2 amide bonds. The van der Waals surface area contributed by atoms with E-state index in [1.807, 2.05) is 32.0 Å². The van der Waals surface area contributed by atoms with Crippen LogP contribution in [0.3, 0.4) is 0 Å².